The van der Waals surface area contributed by atoms with Gasteiger partial charge in [-0.1, -0.05) is 5.92 Å². The summed E-state index contributed by atoms with van der Waals surface area (Å²) in [4.78, 5) is 0. The topological polar surface area (TPSA) is 9.23 Å². The molecule has 0 unspecified atom stereocenters. The third-order valence-corrected chi connectivity index (χ3v) is 0.276. The average Bonchev–Trinajstić information content (AvgIpc) is 1.61. The first kappa shape index (κ1) is 5.36. The first-order chi connectivity index (χ1) is 2.91. The summed E-state index contributed by atoms with van der Waals surface area (Å²) in [5.41, 5.74) is 0. The minimum atomic E-state index is 0.431. The van der Waals surface area contributed by atoms with Crippen LogP contribution in [0.25, 0.3) is 0 Å². The Hall–Kier alpha value is -0.640. The molecule has 0 heterocycles. The lowest BCUT2D eigenvalue weighted by Crippen LogP contribution is -1.75. The van der Waals surface area contributed by atoms with Crippen LogP contribution in [0.2, 0.25) is 0 Å². The lowest BCUT2D eigenvalue weighted by atomic mass is 10.8. The smallest absolute Gasteiger partial charge is 0.109 e. The zero-order chi connectivity index (χ0) is 4.83. The van der Waals surface area contributed by atoms with Gasteiger partial charge in [0.2, 0.25) is 0 Å². The van der Waals surface area contributed by atoms with Crippen molar-refractivity contribution in [3.8, 4) is 12.0 Å². The molecule has 0 aliphatic rings. The summed E-state index contributed by atoms with van der Waals surface area (Å²) < 4.78 is 4.51. The van der Waals surface area contributed by atoms with Crippen LogP contribution in [0, 0.1) is 19.0 Å². The Morgan fingerprint density at radius 1 is 1.83 bits per heavy atom. The Morgan fingerprint density at radius 3 is 2.67 bits per heavy atom. The van der Waals surface area contributed by atoms with Crippen molar-refractivity contribution in [2.45, 2.75) is 6.92 Å². The standard InChI is InChI=1S/C5H7O/c1-3-5-6-4-2/h2,4H2,1H3. The van der Waals surface area contributed by atoms with E-state index >= 15 is 0 Å². The Labute approximate surface area is 38.3 Å². The van der Waals surface area contributed by atoms with Crippen LogP contribution in [-0.2, 0) is 4.74 Å². The van der Waals surface area contributed by atoms with E-state index in [0.29, 0.717) is 6.61 Å². The van der Waals surface area contributed by atoms with Crippen LogP contribution in [0.15, 0.2) is 0 Å². The Bertz CT molecular complexity index is 65.7. The van der Waals surface area contributed by atoms with E-state index < -0.39 is 0 Å². The molecule has 1 nitrogen and oxygen atoms in total. The summed E-state index contributed by atoms with van der Waals surface area (Å²) in [5.74, 6) is 2.56. The van der Waals surface area contributed by atoms with E-state index in [9.17, 15) is 0 Å². The summed E-state index contributed by atoms with van der Waals surface area (Å²) in [6.45, 7) is 5.55. The molecular weight excluding hydrogens is 76.1 g/mol. The van der Waals surface area contributed by atoms with E-state index in [4.69, 9.17) is 0 Å². The second-order valence-corrected chi connectivity index (χ2v) is 0.701. The fourth-order valence-electron chi connectivity index (χ4n) is 0.123. The Morgan fingerprint density at radius 2 is 2.50 bits per heavy atom. The molecular formula is C5H7O. The lowest BCUT2D eigenvalue weighted by molar-refractivity contribution is 0.319. The highest BCUT2D eigenvalue weighted by molar-refractivity contribution is 4.85. The summed E-state index contributed by atoms with van der Waals surface area (Å²) in [7, 11) is 0. The molecule has 0 saturated heterocycles. The van der Waals surface area contributed by atoms with Gasteiger partial charge >= 0.3 is 0 Å². The SMILES string of the molecule is [CH2]COC#CC. The highest BCUT2D eigenvalue weighted by Gasteiger charge is 1.59. The predicted octanol–water partition coefficient (Wildman–Crippen LogP) is 0.818. The van der Waals surface area contributed by atoms with Gasteiger partial charge in [-0.25, -0.2) is 0 Å². The molecule has 0 aromatic rings. The maximum absolute atomic E-state index is 4.51. The number of hydrogen-bond acceptors (Lipinski definition) is 1. The van der Waals surface area contributed by atoms with E-state index in [0.717, 1.165) is 0 Å². The van der Waals surface area contributed by atoms with E-state index in [1.54, 1.807) is 6.92 Å². The zero-order valence-corrected chi connectivity index (χ0v) is 3.82. The van der Waals surface area contributed by atoms with Gasteiger partial charge in [0.15, 0.2) is 0 Å². The summed E-state index contributed by atoms with van der Waals surface area (Å²) >= 11 is 0. The molecule has 0 rings (SSSR count). The summed E-state index contributed by atoms with van der Waals surface area (Å²) in [6.07, 6.45) is 2.39. The molecule has 0 spiro atoms. The first-order valence-corrected chi connectivity index (χ1v) is 1.74. The van der Waals surface area contributed by atoms with Crippen molar-refractivity contribution in [2.24, 2.45) is 0 Å². The fourth-order valence-corrected chi connectivity index (χ4v) is 0.123. The summed E-state index contributed by atoms with van der Waals surface area (Å²) in [5, 5.41) is 0. The monoisotopic (exact) mass is 83.0 g/mol. The minimum absolute atomic E-state index is 0.431. The molecule has 0 bridgehead atoms. The number of ether oxygens (including phenoxy) is 1. The van der Waals surface area contributed by atoms with Crippen LogP contribution in [0.1, 0.15) is 6.92 Å². The molecule has 6 heavy (non-hydrogen) atoms. The van der Waals surface area contributed by atoms with Gasteiger partial charge in [-0.15, -0.1) is 0 Å². The van der Waals surface area contributed by atoms with Gasteiger partial charge in [0.25, 0.3) is 0 Å². The van der Waals surface area contributed by atoms with Crippen LogP contribution in [-0.4, -0.2) is 6.61 Å². The maximum Gasteiger partial charge on any atom is 0.109 e. The van der Waals surface area contributed by atoms with Crippen molar-refractivity contribution in [1.82, 2.24) is 0 Å². The molecule has 0 N–H and O–H groups in total. The molecule has 0 aliphatic carbocycles. The molecule has 0 saturated carbocycles. The molecule has 1 heteroatoms. The molecule has 0 atom stereocenters. The Balaban J connectivity index is 2.79. The largest absolute Gasteiger partial charge is 0.447 e. The summed E-state index contributed by atoms with van der Waals surface area (Å²) in [6, 6.07) is 0. The van der Waals surface area contributed by atoms with Gasteiger partial charge in [-0.2, -0.15) is 0 Å². The van der Waals surface area contributed by atoms with Crippen LogP contribution >= 0.6 is 0 Å². The zero-order valence-electron chi connectivity index (χ0n) is 3.82. The second-order valence-electron chi connectivity index (χ2n) is 0.701. The van der Waals surface area contributed by atoms with Gasteiger partial charge in [0.05, 0.1) is 0 Å². The van der Waals surface area contributed by atoms with Crippen molar-refractivity contribution in [1.29, 1.82) is 0 Å². The van der Waals surface area contributed by atoms with E-state index in [2.05, 4.69) is 23.7 Å². The van der Waals surface area contributed by atoms with Gasteiger partial charge in [-0.3, -0.25) is 0 Å². The molecule has 0 aromatic heterocycles. The van der Waals surface area contributed by atoms with Crippen molar-refractivity contribution in [3.05, 3.63) is 6.92 Å². The van der Waals surface area contributed by atoms with Crippen molar-refractivity contribution >= 4 is 0 Å². The van der Waals surface area contributed by atoms with Gasteiger partial charge in [0.1, 0.15) is 12.7 Å². The normalized spacial score (nSPS) is 5.67. The lowest BCUT2D eigenvalue weighted by Gasteiger charge is -1.80. The van der Waals surface area contributed by atoms with Crippen molar-refractivity contribution in [3.63, 3.8) is 0 Å². The quantitative estimate of drug-likeness (QED) is 0.426. The molecule has 0 amide bonds. The van der Waals surface area contributed by atoms with Crippen molar-refractivity contribution < 1.29 is 4.74 Å². The van der Waals surface area contributed by atoms with Crippen LogP contribution < -0.4 is 0 Å². The third kappa shape index (κ3) is 3.36. The fraction of sp³-hybridized carbons (Fsp3) is 0.400. The van der Waals surface area contributed by atoms with E-state index in [-0.39, 0.29) is 0 Å². The molecule has 0 fully saturated rings. The maximum atomic E-state index is 4.51. The van der Waals surface area contributed by atoms with E-state index in [1.165, 1.54) is 0 Å². The number of rotatable bonds is 1. The van der Waals surface area contributed by atoms with Crippen LogP contribution in [0.3, 0.4) is 0 Å². The molecule has 0 aliphatic heterocycles. The number of hydrogen-bond donors (Lipinski definition) is 0. The molecule has 1 radical (unpaired) electrons. The second kappa shape index (κ2) is 4.36. The van der Waals surface area contributed by atoms with Crippen LogP contribution in [0.4, 0.5) is 0 Å². The van der Waals surface area contributed by atoms with Gasteiger partial charge in [-0.05, 0) is 6.92 Å². The average molecular weight is 83.1 g/mol. The highest BCUT2D eigenvalue weighted by Crippen LogP contribution is 1.61. The minimum Gasteiger partial charge on any atom is -0.447 e. The Kier molecular flexibility index (Phi) is 3.89. The third-order valence-electron chi connectivity index (χ3n) is 0.276. The van der Waals surface area contributed by atoms with Gasteiger partial charge in [0, 0.05) is 6.92 Å². The van der Waals surface area contributed by atoms with Crippen molar-refractivity contribution in [2.75, 3.05) is 6.61 Å². The van der Waals surface area contributed by atoms with Gasteiger partial charge < -0.3 is 4.74 Å². The first-order valence-electron chi connectivity index (χ1n) is 1.74. The molecule has 0 aromatic carbocycles. The van der Waals surface area contributed by atoms with E-state index in [1.807, 2.05) is 0 Å². The highest BCUT2D eigenvalue weighted by atomic mass is 16.5. The molecule has 33 valence electrons. The van der Waals surface area contributed by atoms with Crippen LogP contribution in [0.5, 0.6) is 0 Å². The predicted molar refractivity (Wildman–Crippen MR) is 24.8 cm³/mol.